The van der Waals surface area contributed by atoms with Crippen LogP contribution in [0.15, 0.2) is 15.9 Å². The number of urea groups is 1. The molecular weight excluding hydrogens is 428 g/mol. The van der Waals surface area contributed by atoms with Gasteiger partial charge in [0.15, 0.2) is 0 Å². The van der Waals surface area contributed by atoms with E-state index in [1.807, 2.05) is 4.90 Å². The lowest BCUT2D eigenvalue weighted by molar-refractivity contribution is 0.00682. The molecule has 1 aromatic heterocycles. The highest BCUT2D eigenvalue weighted by molar-refractivity contribution is 9.11. The summed E-state index contributed by atoms with van der Waals surface area (Å²) in [5, 5.41) is 3.18. The van der Waals surface area contributed by atoms with Crippen molar-refractivity contribution >= 4 is 33.3 Å². The van der Waals surface area contributed by atoms with Gasteiger partial charge in [0.25, 0.3) is 0 Å². The number of hydrogen-bond acceptors (Lipinski definition) is 5. The van der Waals surface area contributed by atoms with Crippen LogP contribution in [0.1, 0.15) is 18.7 Å². The summed E-state index contributed by atoms with van der Waals surface area (Å²) < 4.78 is 6.64. The van der Waals surface area contributed by atoms with E-state index in [4.69, 9.17) is 4.74 Å². The van der Waals surface area contributed by atoms with Gasteiger partial charge in [-0.25, -0.2) is 4.79 Å². The zero-order valence-electron chi connectivity index (χ0n) is 16.3. The number of thiophene rings is 1. The fourth-order valence-corrected chi connectivity index (χ4v) is 5.29. The maximum absolute atomic E-state index is 12.6. The summed E-state index contributed by atoms with van der Waals surface area (Å²) >= 11 is 5.31. The normalized spacial score (nSPS) is 20.8. The molecule has 2 fully saturated rings. The van der Waals surface area contributed by atoms with Crippen LogP contribution in [0, 0.1) is 5.92 Å². The maximum atomic E-state index is 12.6. The first-order valence-electron chi connectivity index (χ1n) is 9.84. The second kappa shape index (κ2) is 10.2. The third-order valence-electron chi connectivity index (χ3n) is 5.41. The molecule has 27 heavy (non-hydrogen) atoms. The number of rotatable bonds is 6. The third kappa shape index (κ3) is 6.15. The molecule has 3 heterocycles. The predicted molar refractivity (Wildman–Crippen MR) is 113 cm³/mol. The van der Waals surface area contributed by atoms with E-state index in [1.165, 1.54) is 8.66 Å². The van der Waals surface area contributed by atoms with Gasteiger partial charge in [-0.05, 0) is 34.0 Å². The highest BCUT2D eigenvalue weighted by Gasteiger charge is 2.26. The Morgan fingerprint density at radius 3 is 2.48 bits per heavy atom. The molecule has 2 amide bonds. The highest BCUT2D eigenvalue weighted by Crippen LogP contribution is 2.23. The number of halogens is 1. The summed E-state index contributed by atoms with van der Waals surface area (Å²) in [5.41, 5.74) is 0. The van der Waals surface area contributed by atoms with Gasteiger partial charge >= 0.3 is 6.03 Å². The van der Waals surface area contributed by atoms with E-state index >= 15 is 0 Å². The molecule has 8 heteroatoms. The average molecular weight is 459 g/mol. The van der Waals surface area contributed by atoms with E-state index < -0.39 is 0 Å². The smallest absolute Gasteiger partial charge is 0.317 e. The lowest BCUT2D eigenvalue weighted by atomic mass is 10.0. The minimum absolute atomic E-state index is 0.0763. The van der Waals surface area contributed by atoms with Gasteiger partial charge in [-0.15, -0.1) is 11.3 Å². The number of nitrogens with one attached hydrogen (secondary N) is 1. The third-order valence-corrected chi connectivity index (χ3v) is 7.02. The first-order valence-corrected chi connectivity index (χ1v) is 11.4. The van der Waals surface area contributed by atoms with Crippen molar-refractivity contribution in [1.29, 1.82) is 0 Å². The Morgan fingerprint density at radius 1 is 1.19 bits per heavy atom. The largest absolute Gasteiger partial charge is 0.379 e. The monoisotopic (exact) mass is 458 g/mol. The minimum atomic E-state index is 0.0763. The summed E-state index contributed by atoms with van der Waals surface area (Å²) in [6, 6.07) is 4.72. The summed E-state index contributed by atoms with van der Waals surface area (Å²) in [4.78, 5) is 20.8. The van der Waals surface area contributed by atoms with Crippen LogP contribution in [-0.4, -0.2) is 85.8 Å². The molecule has 2 aliphatic rings. The van der Waals surface area contributed by atoms with Gasteiger partial charge in [0, 0.05) is 63.3 Å². The second-order valence-corrected chi connectivity index (χ2v) is 10.2. The number of piperazine rings is 1. The van der Waals surface area contributed by atoms with Crippen molar-refractivity contribution < 1.29 is 9.53 Å². The van der Waals surface area contributed by atoms with E-state index in [2.05, 4.69) is 57.0 Å². The quantitative estimate of drug-likeness (QED) is 0.711. The SMILES string of the molecule is CC(C)C(CNC(=O)N1CCN(Cc2ccc(Br)s2)CC1)N1CCOCC1. The molecule has 2 saturated heterocycles. The second-order valence-electron chi connectivity index (χ2n) is 7.61. The number of nitrogens with zero attached hydrogens (tertiary/aromatic N) is 3. The van der Waals surface area contributed by atoms with E-state index in [0.717, 1.165) is 59.0 Å². The zero-order chi connectivity index (χ0) is 19.2. The van der Waals surface area contributed by atoms with Crippen LogP contribution in [0.5, 0.6) is 0 Å². The van der Waals surface area contributed by atoms with Crippen molar-refractivity contribution in [3.63, 3.8) is 0 Å². The molecule has 1 aromatic rings. The number of morpholine rings is 1. The Kier molecular flexibility index (Phi) is 7.96. The molecule has 0 aliphatic carbocycles. The lowest BCUT2D eigenvalue weighted by Crippen LogP contribution is -2.55. The number of amides is 2. The van der Waals surface area contributed by atoms with Crippen molar-refractivity contribution in [3.8, 4) is 0 Å². The molecule has 1 atom stereocenters. The van der Waals surface area contributed by atoms with E-state index in [-0.39, 0.29) is 6.03 Å². The van der Waals surface area contributed by atoms with Gasteiger partial charge in [0.1, 0.15) is 0 Å². The number of hydrogen-bond donors (Lipinski definition) is 1. The minimum Gasteiger partial charge on any atom is -0.379 e. The van der Waals surface area contributed by atoms with Crippen molar-refractivity contribution in [2.45, 2.75) is 26.4 Å². The molecule has 1 N–H and O–H groups in total. The number of ether oxygens (including phenoxy) is 1. The van der Waals surface area contributed by atoms with E-state index in [0.29, 0.717) is 18.5 Å². The van der Waals surface area contributed by atoms with Crippen LogP contribution in [-0.2, 0) is 11.3 Å². The Bertz CT molecular complexity index is 598. The molecule has 0 bridgehead atoms. The van der Waals surface area contributed by atoms with Gasteiger partial charge in [0.05, 0.1) is 17.0 Å². The van der Waals surface area contributed by atoms with Crippen LogP contribution in [0.3, 0.4) is 0 Å². The van der Waals surface area contributed by atoms with E-state index in [1.54, 1.807) is 11.3 Å². The van der Waals surface area contributed by atoms with Crippen molar-refractivity contribution in [1.82, 2.24) is 20.0 Å². The first kappa shape index (κ1) is 21.0. The average Bonchev–Trinajstić information content (AvgIpc) is 3.07. The molecule has 3 rings (SSSR count). The molecule has 1 unspecified atom stereocenters. The van der Waals surface area contributed by atoms with Gasteiger partial charge in [-0.1, -0.05) is 13.8 Å². The molecular formula is C19H31BrN4O2S. The molecule has 0 radical (unpaired) electrons. The zero-order valence-corrected chi connectivity index (χ0v) is 18.7. The molecule has 152 valence electrons. The molecule has 6 nitrogen and oxygen atoms in total. The molecule has 0 aromatic carbocycles. The van der Waals surface area contributed by atoms with Gasteiger partial charge in [0.2, 0.25) is 0 Å². The van der Waals surface area contributed by atoms with E-state index in [9.17, 15) is 4.79 Å². The first-order chi connectivity index (χ1) is 13.0. The molecule has 0 saturated carbocycles. The Labute approximate surface area is 175 Å². The Morgan fingerprint density at radius 2 is 1.89 bits per heavy atom. The van der Waals surface area contributed by atoms with Crippen LogP contribution in [0.2, 0.25) is 0 Å². The maximum Gasteiger partial charge on any atom is 0.317 e. The fourth-order valence-electron chi connectivity index (χ4n) is 3.77. The van der Waals surface area contributed by atoms with Crippen LogP contribution >= 0.6 is 27.3 Å². The number of carbonyl (C=O) groups excluding carboxylic acids is 1. The summed E-state index contributed by atoms with van der Waals surface area (Å²) in [7, 11) is 0. The standard InChI is InChI=1S/C19H31BrN4O2S/c1-15(2)17(23-9-11-26-12-10-23)13-21-19(25)24-7-5-22(6-8-24)14-16-3-4-18(20)27-16/h3-4,15,17H,5-14H2,1-2H3,(H,21,25). The van der Waals surface area contributed by atoms with Gasteiger partial charge < -0.3 is 15.0 Å². The highest BCUT2D eigenvalue weighted by atomic mass is 79.9. The van der Waals surface area contributed by atoms with Crippen molar-refractivity contribution in [3.05, 3.63) is 20.8 Å². The summed E-state index contributed by atoms with van der Waals surface area (Å²) in [5.74, 6) is 0.505. The van der Waals surface area contributed by atoms with Gasteiger partial charge in [-0.3, -0.25) is 9.80 Å². The van der Waals surface area contributed by atoms with Crippen molar-refractivity contribution in [2.75, 3.05) is 59.0 Å². The topological polar surface area (TPSA) is 48.1 Å². The molecule has 2 aliphatic heterocycles. The van der Waals surface area contributed by atoms with Crippen LogP contribution in [0.4, 0.5) is 4.79 Å². The fraction of sp³-hybridized carbons (Fsp3) is 0.737. The molecule has 0 spiro atoms. The summed E-state index contributed by atoms with van der Waals surface area (Å²) in [6.07, 6.45) is 0. The Hall–Kier alpha value is -0.670. The lowest BCUT2D eigenvalue weighted by Gasteiger charge is -2.38. The predicted octanol–water partition coefficient (Wildman–Crippen LogP) is 2.69. The number of carbonyl (C=O) groups is 1. The van der Waals surface area contributed by atoms with Crippen LogP contribution in [0.25, 0.3) is 0 Å². The van der Waals surface area contributed by atoms with Crippen molar-refractivity contribution in [2.24, 2.45) is 5.92 Å². The Balaban J connectivity index is 1.41. The summed E-state index contributed by atoms with van der Waals surface area (Å²) in [6.45, 7) is 13.1. The van der Waals surface area contributed by atoms with Gasteiger partial charge in [-0.2, -0.15) is 0 Å². The van der Waals surface area contributed by atoms with Crippen LogP contribution < -0.4 is 5.32 Å².